The predicted octanol–water partition coefficient (Wildman–Crippen LogP) is 3.22. The molecule has 108 valence electrons. The number of rotatable bonds is 3. The van der Waals surface area contributed by atoms with Crippen LogP contribution in [-0.2, 0) is 0 Å². The fraction of sp³-hybridized carbons (Fsp3) is 0.0667. The second kappa shape index (κ2) is 5.70. The number of nitrogens with one attached hydrogen (secondary N) is 1. The molecule has 2 N–H and O–H groups in total. The second-order valence-corrected chi connectivity index (χ2v) is 4.38. The number of anilines is 1. The van der Waals surface area contributed by atoms with Gasteiger partial charge >= 0.3 is 5.97 Å². The molecule has 0 aliphatic rings. The second-order valence-electron chi connectivity index (χ2n) is 4.38. The highest BCUT2D eigenvalue weighted by Crippen LogP contribution is 2.22. The summed E-state index contributed by atoms with van der Waals surface area (Å²) in [7, 11) is 0. The summed E-state index contributed by atoms with van der Waals surface area (Å²) in [5.41, 5.74) is 0.131. The van der Waals surface area contributed by atoms with Crippen LogP contribution in [0.5, 0.6) is 0 Å². The molecule has 4 nitrogen and oxygen atoms in total. The van der Waals surface area contributed by atoms with Gasteiger partial charge in [-0.05, 0) is 30.7 Å². The Kier molecular flexibility index (Phi) is 3.98. The summed E-state index contributed by atoms with van der Waals surface area (Å²) in [6, 6.07) is 7.01. The van der Waals surface area contributed by atoms with Gasteiger partial charge < -0.3 is 10.4 Å². The quantitative estimate of drug-likeness (QED) is 0.912. The van der Waals surface area contributed by atoms with E-state index in [1.807, 2.05) is 0 Å². The van der Waals surface area contributed by atoms with Gasteiger partial charge in [0.1, 0.15) is 11.6 Å². The molecule has 0 aliphatic heterocycles. The first-order chi connectivity index (χ1) is 9.90. The van der Waals surface area contributed by atoms with Crippen LogP contribution in [0.2, 0.25) is 0 Å². The number of benzene rings is 2. The van der Waals surface area contributed by atoms with Crippen molar-refractivity contribution in [2.75, 3.05) is 5.32 Å². The minimum atomic E-state index is -1.21. The van der Waals surface area contributed by atoms with Gasteiger partial charge in [-0.2, -0.15) is 0 Å². The third-order valence-electron chi connectivity index (χ3n) is 2.92. The lowest BCUT2D eigenvalue weighted by atomic mass is 10.1. The Hall–Kier alpha value is -2.76. The molecular weight excluding hydrogens is 280 g/mol. The van der Waals surface area contributed by atoms with Crippen LogP contribution in [0.3, 0.4) is 0 Å². The molecule has 0 bridgehead atoms. The molecule has 0 saturated carbocycles. The maximum Gasteiger partial charge on any atom is 0.337 e. The summed E-state index contributed by atoms with van der Waals surface area (Å²) in [5.74, 6) is -3.87. The Morgan fingerprint density at radius 2 is 1.81 bits per heavy atom. The van der Waals surface area contributed by atoms with E-state index in [4.69, 9.17) is 5.11 Å². The summed E-state index contributed by atoms with van der Waals surface area (Å²) < 4.78 is 26.4. The zero-order valence-corrected chi connectivity index (χ0v) is 11.0. The summed E-state index contributed by atoms with van der Waals surface area (Å²) in [4.78, 5) is 23.1. The maximum atomic E-state index is 13.5. The van der Waals surface area contributed by atoms with Crippen LogP contribution in [-0.4, -0.2) is 17.0 Å². The highest BCUT2D eigenvalue weighted by molar-refractivity contribution is 6.08. The molecule has 0 radical (unpaired) electrons. The van der Waals surface area contributed by atoms with E-state index in [1.165, 1.54) is 12.1 Å². The Morgan fingerprint density at radius 3 is 2.43 bits per heavy atom. The molecule has 0 fully saturated rings. The Labute approximate surface area is 119 Å². The monoisotopic (exact) mass is 291 g/mol. The van der Waals surface area contributed by atoms with Gasteiger partial charge in [-0.25, -0.2) is 13.6 Å². The van der Waals surface area contributed by atoms with Gasteiger partial charge in [0, 0.05) is 6.07 Å². The van der Waals surface area contributed by atoms with Crippen molar-refractivity contribution in [1.29, 1.82) is 0 Å². The van der Waals surface area contributed by atoms with Gasteiger partial charge in [-0.1, -0.05) is 12.1 Å². The van der Waals surface area contributed by atoms with Crippen molar-refractivity contribution in [3.05, 3.63) is 64.7 Å². The molecule has 2 rings (SSSR count). The molecule has 0 aromatic heterocycles. The van der Waals surface area contributed by atoms with Crippen LogP contribution in [0, 0.1) is 18.6 Å². The normalized spacial score (nSPS) is 10.2. The Balaban J connectivity index is 2.38. The number of para-hydroxylation sites is 1. The number of carboxylic acids is 1. The SMILES string of the molecule is Cc1cccc(C(=O)O)c1NC(=O)c1ccc(F)cc1F. The maximum absolute atomic E-state index is 13.5. The van der Waals surface area contributed by atoms with Crippen LogP contribution in [0.1, 0.15) is 26.3 Å². The van der Waals surface area contributed by atoms with E-state index in [-0.39, 0.29) is 16.8 Å². The van der Waals surface area contributed by atoms with E-state index < -0.39 is 23.5 Å². The molecule has 0 saturated heterocycles. The summed E-state index contributed by atoms with van der Waals surface area (Å²) in [6.45, 7) is 1.61. The first-order valence-corrected chi connectivity index (χ1v) is 5.99. The van der Waals surface area contributed by atoms with E-state index in [0.717, 1.165) is 12.1 Å². The topological polar surface area (TPSA) is 66.4 Å². The lowest BCUT2D eigenvalue weighted by Crippen LogP contribution is -2.17. The third-order valence-corrected chi connectivity index (χ3v) is 2.92. The van der Waals surface area contributed by atoms with E-state index in [0.29, 0.717) is 11.6 Å². The number of amides is 1. The fourth-order valence-electron chi connectivity index (χ4n) is 1.87. The van der Waals surface area contributed by atoms with Gasteiger partial charge in [-0.15, -0.1) is 0 Å². The van der Waals surface area contributed by atoms with Gasteiger partial charge in [0.05, 0.1) is 16.8 Å². The van der Waals surface area contributed by atoms with Gasteiger partial charge in [0.25, 0.3) is 5.91 Å². The number of halogens is 2. The number of carbonyl (C=O) groups excluding carboxylic acids is 1. The highest BCUT2D eigenvalue weighted by Gasteiger charge is 2.17. The van der Waals surface area contributed by atoms with Crippen molar-refractivity contribution in [2.24, 2.45) is 0 Å². The van der Waals surface area contributed by atoms with Gasteiger partial charge in [0.2, 0.25) is 0 Å². The molecule has 21 heavy (non-hydrogen) atoms. The zero-order valence-electron chi connectivity index (χ0n) is 11.0. The fourth-order valence-corrected chi connectivity index (χ4v) is 1.87. The van der Waals surface area contributed by atoms with Crippen molar-refractivity contribution in [1.82, 2.24) is 0 Å². The molecule has 2 aromatic carbocycles. The average molecular weight is 291 g/mol. The van der Waals surface area contributed by atoms with Crippen molar-refractivity contribution in [2.45, 2.75) is 6.92 Å². The van der Waals surface area contributed by atoms with Crippen molar-refractivity contribution in [3.63, 3.8) is 0 Å². The zero-order chi connectivity index (χ0) is 15.6. The standard InChI is InChI=1S/C15H11F2NO3/c1-8-3-2-4-11(15(20)21)13(8)18-14(19)10-6-5-9(16)7-12(10)17/h2-7H,1H3,(H,18,19)(H,20,21). The Morgan fingerprint density at radius 1 is 1.10 bits per heavy atom. The van der Waals surface area contributed by atoms with E-state index >= 15 is 0 Å². The van der Waals surface area contributed by atoms with E-state index in [2.05, 4.69) is 5.32 Å². The summed E-state index contributed by atoms with van der Waals surface area (Å²) in [5, 5.41) is 11.4. The number of aromatic carboxylic acids is 1. The van der Waals surface area contributed by atoms with Crippen molar-refractivity contribution < 1.29 is 23.5 Å². The molecule has 1 amide bonds. The van der Waals surface area contributed by atoms with E-state index in [1.54, 1.807) is 13.0 Å². The molecule has 2 aromatic rings. The van der Waals surface area contributed by atoms with Crippen LogP contribution >= 0.6 is 0 Å². The molecule has 6 heteroatoms. The largest absolute Gasteiger partial charge is 0.478 e. The number of hydrogen-bond donors (Lipinski definition) is 2. The highest BCUT2D eigenvalue weighted by atomic mass is 19.1. The number of carboxylic acid groups (broad SMARTS) is 1. The van der Waals surface area contributed by atoms with Crippen LogP contribution in [0.4, 0.5) is 14.5 Å². The van der Waals surface area contributed by atoms with Crippen LogP contribution < -0.4 is 5.32 Å². The lowest BCUT2D eigenvalue weighted by molar-refractivity contribution is 0.0698. The number of hydrogen-bond acceptors (Lipinski definition) is 2. The summed E-state index contributed by atoms with van der Waals surface area (Å²) >= 11 is 0. The first-order valence-electron chi connectivity index (χ1n) is 5.99. The van der Waals surface area contributed by atoms with Crippen LogP contribution in [0.25, 0.3) is 0 Å². The molecule has 0 spiro atoms. The molecular formula is C15H11F2NO3. The van der Waals surface area contributed by atoms with Crippen LogP contribution in [0.15, 0.2) is 36.4 Å². The van der Waals surface area contributed by atoms with E-state index in [9.17, 15) is 18.4 Å². The van der Waals surface area contributed by atoms with Gasteiger partial charge in [0.15, 0.2) is 0 Å². The van der Waals surface area contributed by atoms with Crippen molar-refractivity contribution >= 4 is 17.6 Å². The Bertz CT molecular complexity index is 729. The van der Waals surface area contributed by atoms with Crippen molar-refractivity contribution in [3.8, 4) is 0 Å². The molecule has 0 atom stereocenters. The molecule has 0 unspecified atom stereocenters. The lowest BCUT2D eigenvalue weighted by Gasteiger charge is -2.11. The molecule has 0 aliphatic carbocycles. The number of carbonyl (C=O) groups is 2. The minimum absolute atomic E-state index is 0.0822. The number of aryl methyl sites for hydroxylation is 1. The molecule has 0 heterocycles. The third kappa shape index (κ3) is 3.05. The summed E-state index contributed by atoms with van der Waals surface area (Å²) in [6.07, 6.45) is 0. The smallest absolute Gasteiger partial charge is 0.337 e. The first kappa shape index (κ1) is 14.6. The average Bonchev–Trinajstić information content (AvgIpc) is 2.40. The van der Waals surface area contributed by atoms with Gasteiger partial charge in [-0.3, -0.25) is 4.79 Å². The predicted molar refractivity (Wildman–Crippen MR) is 72.4 cm³/mol. The minimum Gasteiger partial charge on any atom is -0.478 e.